The number of nitrogens with zero attached hydrogens (tertiary/aromatic N) is 3. The van der Waals surface area contributed by atoms with Crippen LogP contribution in [0.3, 0.4) is 0 Å². The molecule has 1 heterocycles. The zero-order chi connectivity index (χ0) is 19.2. The van der Waals surface area contributed by atoms with Gasteiger partial charge in [-0.25, -0.2) is 4.98 Å². The van der Waals surface area contributed by atoms with Crippen molar-refractivity contribution in [2.75, 3.05) is 20.2 Å². The van der Waals surface area contributed by atoms with Gasteiger partial charge in [-0.3, -0.25) is 14.6 Å². The average molecular weight is 362 g/mol. The SMILES string of the molecule is CCCCO[C@@H]1C[C@H](N(C)C(=O)CCNC(=O)c2cnccn2)C1(C)C. The van der Waals surface area contributed by atoms with Gasteiger partial charge in [0, 0.05) is 50.5 Å². The molecule has 2 rings (SSSR count). The molecule has 7 heteroatoms. The minimum Gasteiger partial charge on any atom is -0.378 e. The van der Waals surface area contributed by atoms with E-state index < -0.39 is 0 Å². The molecule has 0 saturated heterocycles. The van der Waals surface area contributed by atoms with Crippen LogP contribution in [0.5, 0.6) is 0 Å². The Morgan fingerprint density at radius 1 is 1.38 bits per heavy atom. The summed E-state index contributed by atoms with van der Waals surface area (Å²) >= 11 is 0. The third kappa shape index (κ3) is 4.78. The first-order valence-electron chi connectivity index (χ1n) is 9.29. The summed E-state index contributed by atoms with van der Waals surface area (Å²) in [5.74, 6) is -0.295. The first-order valence-corrected chi connectivity index (χ1v) is 9.29. The van der Waals surface area contributed by atoms with Crippen LogP contribution in [-0.4, -0.2) is 59.0 Å². The monoisotopic (exact) mass is 362 g/mol. The van der Waals surface area contributed by atoms with Crippen LogP contribution in [0, 0.1) is 5.41 Å². The highest BCUT2D eigenvalue weighted by Crippen LogP contribution is 2.45. The van der Waals surface area contributed by atoms with E-state index in [9.17, 15) is 9.59 Å². The van der Waals surface area contributed by atoms with Gasteiger partial charge in [-0.05, 0) is 12.8 Å². The number of unbranched alkanes of at least 4 members (excludes halogenated alkanes) is 1. The van der Waals surface area contributed by atoms with Crippen LogP contribution in [0.2, 0.25) is 0 Å². The maximum absolute atomic E-state index is 12.5. The fourth-order valence-electron chi connectivity index (χ4n) is 3.31. The van der Waals surface area contributed by atoms with Gasteiger partial charge < -0.3 is 15.0 Å². The van der Waals surface area contributed by atoms with Crippen molar-refractivity contribution < 1.29 is 14.3 Å². The summed E-state index contributed by atoms with van der Waals surface area (Å²) in [6.45, 7) is 7.51. The zero-order valence-electron chi connectivity index (χ0n) is 16.2. The molecule has 0 spiro atoms. The van der Waals surface area contributed by atoms with Gasteiger partial charge >= 0.3 is 0 Å². The highest BCUT2D eigenvalue weighted by atomic mass is 16.5. The standard InChI is InChI=1S/C19H30N4O3/c1-5-6-11-26-16-12-15(19(16,2)3)23(4)17(24)7-8-22-18(25)14-13-20-9-10-21-14/h9-10,13,15-16H,5-8,11-12H2,1-4H3,(H,22,25)/t15-,16+/m0/s1. The molecule has 0 unspecified atom stereocenters. The molecule has 1 aromatic rings. The molecule has 2 atom stereocenters. The van der Waals surface area contributed by atoms with E-state index in [1.54, 1.807) is 4.90 Å². The van der Waals surface area contributed by atoms with Crippen molar-refractivity contribution in [3.8, 4) is 0 Å². The lowest BCUT2D eigenvalue weighted by molar-refractivity contribution is -0.164. The number of nitrogens with one attached hydrogen (secondary N) is 1. The molecule has 1 fully saturated rings. The predicted octanol–water partition coefficient (Wildman–Crippen LogP) is 2.04. The summed E-state index contributed by atoms with van der Waals surface area (Å²) in [5.41, 5.74) is 0.196. The van der Waals surface area contributed by atoms with Crippen molar-refractivity contribution in [1.29, 1.82) is 0 Å². The lowest BCUT2D eigenvalue weighted by atomic mass is 9.63. The Hall–Kier alpha value is -2.02. The van der Waals surface area contributed by atoms with Gasteiger partial charge in [-0.15, -0.1) is 0 Å². The Morgan fingerprint density at radius 2 is 2.15 bits per heavy atom. The first kappa shape index (κ1) is 20.3. The Morgan fingerprint density at radius 3 is 2.77 bits per heavy atom. The number of aromatic nitrogens is 2. The molecule has 26 heavy (non-hydrogen) atoms. The van der Waals surface area contributed by atoms with Gasteiger partial charge in [-0.2, -0.15) is 0 Å². The molecular weight excluding hydrogens is 332 g/mol. The Kier molecular flexibility index (Phi) is 7.08. The molecule has 1 aliphatic rings. The maximum Gasteiger partial charge on any atom is 0.271 e. The number of rotatable bonds is 9. The number of amides is 2. The van der Waals surface area contributed by atoms with Gasteiger partial charge in [0.2, 0.25) is 5.91 Å². The van der Waals surface area contributed by atoms with E-state index in [4.69, 9.17) is 4.74 Å². The smallest absolute Gasteiger partial charge is 0.271 e. The topological polar surface area (TPSA) is 84.4 Å². The van der Waals surface area contributed by atoms with E-state index >= 15 is 0 Å². The van der Waals surface area contributed by atoms with Crippen molar-refractivity contribution in [2.45, 2.75) is 58.6 Å². The molecule has 1 N–H and O–H groups in total. The second-order valence-electron chi connectivity index (χ2n) is 7.39. The fraction of sp³-hybridized carbons (Fsp3) is 0.684. The van der Waals surface area contributed by atoms with E-state index in [0.29, 0.717) is 0 Å². The Balaban J connectivity index is 1.75. The summed E-state index contributed by atoms with van der Waals surface area (Å²) in [6.07, 6.45) is 7.89. The lowest BCUT2D eigenvalue weighted by Crippen LogP contribution is -2.62. The molecule has 0 radical (unpaired) electrons. The van der Waals surface area contributed by atoms with Gasteiger partial charge in [-0.1, -0.05) is 27.2 Å². The summed E-state index contributed by atoms with van der Waals surface area (Å²) in [4.78, 5) is 34.0. The Labute approximate surface area is 155 Å². The lowest BCUT2D eigenvalue weighted by Gasteiger charge is -2.55. The first-order chi connectivity index (χ1) is 12.4. The zero-order valence-corrected chi connectivity index (χ0v) is 16.2. The van der Waals surface area contributed by atoms with E-state index in [0.717, 1.165) is 25.9 Å². The maximum atomic E-state index is 12.5. The molecule has 2 amide bonds. The van der Waals surface area contributed by atoms with E-state index in [1.165, 1.54) is 18.6 Å². The minimum absolute atomic E-state index is 0.0227. The molecule has 144 valence electrons. The summed E-state index contributed by atoms with van der Waals surface area (Å²) in [7, 11) is 1.83. The van der Waals surface area contributed by atoms with Gasteiger partial charge in [0.25, 0.3) is 5.91 Å². The van der Waals surface area contributed by atoms with Crippen LogP contribution < -0.4 is 5.32 Å². The average Bonchev–Trinajstić information content (AvgIpc) is 2.64. The van der Waals surface area contributed by atoms with Crippen molar-refractivity contribution in [2.24, 2.45) is 5.41 Å². The highest BCUT2D eigenvalue weighted by Gasteiger charge is 2.51. The molecule has 1 aromatic heterocycles. The van der Waals surface area contributed by atoms with E-state index in [2.05, 4.69) is 36.1 Å². The third-order valence-electron chi connectivity index (χ3n) is 5.22. The van der Waals surface area contributed by atoms with Gasteiger partial charge in [0.15, 0.2) is 0 Å². The second kappa shape index (κ2) is 9.07. The number of hydrogen-bond donors (Lipinski definition) is 1. The Bertz CT molecular complexity index is 606. The molecule has 1 aliphatic carbocycles. The second-order valence-corrected chi connectivity index (χ2v) is 7.39. The predicted molar refractivity (Wildman–Crippen MR) is 98.6 cm³/mol. The van der Waals surface area contributed by atoms with Crippen molar-refractivity contribution in [3.63, 3.8) is 0 Å². The third-order valence-corrected chi connectivity index (χ3v) is 5.22. The molecule has 0 aliphatic heterocycles. The van der Waals surface area contributed by atoms with Crippen LogP contribution >= 0.6 is 0 Å². The number of carbonyl (C=O) groups excluding carboxylic acids is 2. The molecular formula is C19H30N4O3. The van der Waals surface area contributed by atoms with E-state index in [1.807, 2.05) is 7.05 Å². The van der Waals surface area contributed by atoms with Crippen LogP contribution in [0.15, 0.2) is 18.6 Å². The largest absolute Gasteiger partial charge is 0.378 e. The minimum atomic E-state index is -0.318. The molecule has 0 aromatic carbocycles. The van der Waals surface area contributed by atoms with Crippen molar-refractivity contribution in [1.82, 2.24) is 20.2 Å². The quantitative estimate of drug-likeness (QED) is 0.680. The normalized spacial score (nSPS) is 20.9. The van der Waals surface area contributed by atoms with Crippen LogP contribution in [0.1, 0.15) is 56.9 Å². The molecule has 1 saturated carbocycles. The van der Waals surface area contributed by atoms with Crippen LogP contribution in [-0.2, 0) is 9.53 Å². The van der Waals surface area contributed by atoms with Gasteiger partial charge in [0.05, 0.1) is 12.3 Å². The van der Waals surface area contributed by atoms with E-state index in [-0.39, 0.29) is 48.0 Å². The van der Waals surface area contributed by atoms with Crippen molar-refractivity contribution in [3.05, 3.63) is 24.3 Å². The number of hydrogen-bond acceptors (Lipinski definition) is 5. The summed E-state index contributed by atoms with van der Waals surface area (Å²) < 4.78 is 5.95. The van der Waals surface area contributed by atoms with Crippen LogP contribution in [0.25, 0.3) is 0 Å². The highest BCUT2D eigenvalue weighted by molar-refractivity contribution is 5.92. The molecule has 0 bridgehead atoms. The molecule has 7 nitrogen and oxygen atoms in total. The van der Waals surface area contributed by atoms with Crippen LogP contribution in [0.4, 0.5) is 0 Å². The van der Waals surface area contributed by atoms with Gasteiger partial charge in [0.1, 0.15) is 5.69 Å². The number of carbonyl (C=O) groups is 2. The number of ether oxygens (including phenoxy) is 1. The van der Waals surface area contributed by atoms with Crippen molar-refractivity contribution >= 4 is 11.8 Å². The summed E-state index contributed by atoms with van der Waals surface area (Å²) in [5, 5.41) is 2.71. The summed E-state index contributed by atoms with van der Waals surface area (Å²) in [6, 6.07) is 0.164. The fourth-order valence-corrected chi connectivity index (χ4v) is 3.31.